The fourth-order valence-electron chi connectivity index (χ4n) is 2.69. The van der Waals surface area contributed by atoms with Crippen molar-refractivity contribution in [3.8, 4) is 5.75 Å². The molecule has 0 saturated heterocycles. The van der Waals surface area contributed by atoms with Crippen LogP contribution in [0.15, 0.2) is 27.8 Å². The molecule has 26 heavy (non-hydrogen) atoms. The lowest BCUT2D eigenvalue weighted by Gasteiger charge is -2.20. The Bertz CT molecular complexity index is 984. The van der Waals surface area contributed by atoms with Gasteiger partial charge in [-0.15, -0.1) is 0 Å². The quantitative estimate of drug-likeness (QED) is 0.373. The van der Waals surface area contributed by atoms with Crippen molar-refractivity contribution >= 4 is 44.5 Å². The van der Waals surface area contributed by atoms with Gasteiger partial charge in [0.25, 0.3) is 5.69 Å². The van der Waals surface area contributed by atoms with Crippen molar-refractivity contribution < 1.29 is 14.4 Å². The van der Waals surface area contributed by atoms with Gasteiger partial charge < -0.3 is 14.5 Å². The maximum atomic E-state index is 11.2. The number of non-ortho nitro benzene ring substituents is 1. The molecule has 3 heterocycles. The molecular weight excluding hydrogens is 424 g/mol. The summed E-state index contributed by atoms with van der Waals surface area (Å²) < 4.78 is 11.7. The van der Waals surface area contributed by atoms with Gasteiger partial charge in [-0.1, -0.05) is 11.8 Å². The second-order valence-corrected chi connectivity index (χ2v) is 7.54. The fourth-order valence-corrected chi connectivity index (χ4v) is 3.85. The topological polar surface area (TPSA) is 103 Å². The number of aromatic amines is 1. The molecule has 4 rings (SSSR count). The van der Waals surface area contributed by atoms with Gasteiger partial charge in [0.15, 0.2) is 17.6 Å². The molecule has 0 bridgehead atoms. The van der Waals surface area contributed by atoms with Crippen LogP contribution >= 0.6 is 27.7 Å². The number of aromatic nitrogens is 3. The van der Waals surface area contributed by atoms with Gasteiger partial charge in [-0.3, -0.25) is 10.1 Å². The largest absolute Gasteiger partial charge is 0.467 e. The summed E-state index contributed by atoms with van der Waals surface area (Å²) in [4.78, 5) is 22.9. The van der Waals surface area contributed by atoms with Crippen LogP contribution in [-0.4, -0.2) is 26.7 Å². The Kier molecular flexibility index (Phi) is 4.55. The van der Waals surface area contributed by atoms with E-state index in [-0.39, 0.29) is 12.5 Å². The van der Waals surface area contributed by atoms with Crippen LogP contribution in [0.4, 0.5) is 5.69 Å². The van der Waals surface area contributed by atoms with Crippen LogP contribution in [0.5, 0.6) is 5.75 Å². The molecule has 10 heteroatoms. The molecule has 1 aliphatic heterocycles. The summed E-state index contributed by atoms with van der Waals surface area (Å²) >= 11 is 4.89. The number of fused-ring (bicyclic) bond motifs is 2. The molecule has 2 aromatic heterocycles. The number of H-pyrrole nitrogens is 1. The van der Waals surface area contributed by atoms with Crippen LogP contribution < -0.4 is 4.74 Å². The minimum absolute atomic E-state index is 0.0271. The molecule has 1 aliphatic rings. The standard InChI is InChI=1S/C16H13BrN4O4S/c1-8-12(17)4-13-15(18-8)20-16(19-13)26-6-10-3-11(21(22)23)2-9-5-24-7-25-14(9)10/h2-4H,5-7H2,1H3,(H,18,19,20). The van der Waals surface area contributed by atoms with Crippen LogP contribution in [0.1, 0.15) is 16.8 Å². The average molecular weight is 437 g/mol. The van der Waals surface area contributed by atoms with E-state index in [0.717, 1.165) is 21.2 Å². The number of thioether (sulfide) groups is 1. The monoisotopic (exact) mass is 436 g/mol. The first-order chi connectivity index (χ1) is 12.5. The zero-order valence-corrected chi connectivity index (χ0v) is 16.0. The molecule has 0 radical (unpaired) electrons. The van der Waals surface area contributed by atoms with Crippen LogP contribution in [-0.2, 0) is 17.1 Å². The average Bonchev–Trinajstić information content (AvgIpc) is 3.01. The highest BCUT2D eigenvalue weighted by atomic mass is 79.9. The number of benzene rings is 1. The molecule has 0 unspecified atom stereocenters. The number of rotatable bonds is 4. The smallest absolute Gasteiger partial charge is 0.270 e. The lowest BCUT2D eigenvalue weighted by atomic mass is 10.1. The van der Waals surface area contributed by atoms with Gasteiger partial charge >= 0.3 is 0 Å². The third-order valence-corrected chi connectivity index (χ3v) is 5.65. The van der Waals surface area contributed by atoms with Crippen LogP contribution in [0, 0.1) is 17.0 Å². The highest BCUT2D eigenvalue weighted by Gasteiger charge is 2.21. The summed E-state index contributed by atoms with van der Waals surface area (Å²) in [5.74, 6) is 1.13. The molecule has 0 aliphatic carbocycles. The summed E-state index contributed by atoms with van der Waals surface area (Å²) in [5, 5.41) is 11.9. The third-order valence-electron chi connectivity index (χ3n) is 3.93. The number of nitro benzene ring substituents is 1. The lowest BCUT2D eigenvalue weighted by molar-refractivity contribution is -0.385. The number of aryl methyl sites for hydroxylation is 1. The van der Waals surface area contributed by atoms with E-state index in [1.807, 2.05) is 13.0 Å². The molecule has 0 spiro atoms. The van der Waals surface area contributed by atoms with Gasteiger partial charge in [0.05, 0.1) is 22.7 Å². The molecule has 3 aromatic rings. The maximum Gasteiger partial charge on any atom is 0.270 e. The first-order valence-electron chi connectivity index (χ1n) is 7.67. The van der Waals surface area contributed by atoms with Crippen LogP contribution in [0.25, 0.3) is 11.2 Å². The minimum atomic E-state index is -0.408. The second kappa shape index (κ2) is 6.86. The molecule has 8 nitrogen and oxygen atoms in total. The van der Waals surface area contributed by atoms with E-state index in [4.69, 9.17) is 9.47 Å². The SMILES string of the molecule is Cc1nc2nc(SCc3cc([N+](=O)[O-])cc4c3OCOC4)[nH]c2cc1Br. The van der Waals surface area contributed by atoms with E-state index < -0.39 is 4.92 Å². The van der Waals surface area contributed by atoms with E-state index in [1.54, 1.807) is 6.07 Å². The Labute approximate surface area is 160 Å². The molecule has 134 valence electrons. The predicted molar refractivity (Wildman–Crippen MR) is 99.3 cm³/mol. The third kappa shape index (κ3) is 3.27. The number of nitrogens with zero attached hydrogens (tertiary/aromatic N) is 3. The first-order valence-corrected chi connectivity index (χ1v) is 9.45. The number of nitrogens with one attached hydrogen (secondary N) is 1. The van der Waals surface area contributed by atoms with Crippen LogP contribution in [0.2, 0.25) is 0 Å². The number of hydrogen-bond donors (Lipinski definition) is 1. The molecule has 1 aromatic carbocycles. The summed E-state index contributed by atoms with van der Waals surface area (Å²) in [6, 6.07) is 4.97. The van der Waals surface area contributed by atoms with Gasteiger partial charge in [-0.25, -0.2) is 9.97 Å². The molecular formula is C16H13BrN4O4S. The molecule has 1 N–H and O–H groups in total. The Morgan fingerprint density at radius 3 is 3.04 bits per heavy atom. The van der Waals surface area contributed by atoms with Gasteiger partial charge in [-0.2, -0.15) is 0 Å². The zero-order valence-electron chi connectivity index (χ0n) is 13.6. The number of ether oxygens (including phenoxy) is 2. The van der Waals surface area contributed by atoms with Crippen molar-refractivity contribution in [2.45, 2.75) is 24.4 Å². The van der Waals surface area contributed by atoms with E-state index >= 15 is 0 Å². The normalized spacial score (nSPS) is 13.5. The predicted octanol–water partition coefficient (Wildman–Crippen LogP) is 4.10. The second-order valence-electron chi connectivity index (χ2n) is 5.72. The number of pyridine rings is 1. The summed E-state index contributed by atoms with van der Waals surface area (Å²) in [6.45, 7) is 2.35. The van der Waals surface area contributed by atoms with Gasteiger partial charge in [-0.05, 0) is 28.9 Å². The summed E-state index contributed by atoms with van der Waals surface area (Å²) in [6.07, 6.45) is 0. The Balaban J connectivity index is 1.63. The molecule has 0 fully saturated rings. The van der Waals surface area contributed by atoms with E-state index in [0.29, 0.717) is 34.5 Å². The van der Waals surface area contributed by atoms with Crippen LogP contribution in [0.3, 0.4) is 0 Å². The summed E-state index contributed by atoms with van der Waals surface area (Å²) in [7, 11) is 0. The Morgan fingerprint density at radius 2 is 2.23 bits per heavy atom. The lowest BCUT2D eigenvalue weighted by Crippen LogP contribution is -2.13. The van der Waals surface area contributed by atoms with Crippen molar-refractivity contribution in [1.82, 2.24) is 15.0 Å². The molecule has 0 saturated carbocycles. The zero-order chi connectivity index (χ0) is 18.3. The fraction of sp³-hybridized carbons (Fsp3) is 0.250. The molecule has 0 atom stereocenters. The van der Waals surface area contributed by atoms with Crippen molar-refractivity contribution in [2.75, 3.05) is 6.79 Å². The van der Waals surface area contributed by atoms with Crippen molar-refractivity contribution in [1.29, 1.82) is 0 Å². The summed E-state index contributed by atoms with van der Waals surface area (Å²) in [5.41, 5.74) is 3.79. The first kappa shape index (κ1) is 17.3. The van der Waals surface area contributed by atoms with Crippen molar-refractivity contribution in [2.24, 2.45) is 0 Å². The van der Waals surface area contributed by atoms with Gasteiger partial charge in [0.2, 0.25) is 0 Å². The number of imidazole rings is 1. The van der Waals surface area contributed by atoms with E-state index in [9.17, 15) is 10.1 Å². The van der Waals surface area contributed by atoms with Gasteiger partial charge in [0, 0.05) is 33.5 Å². The van der Waals surface area contributed by atoms with Crippen molar-refractivity contribution in [3.63, 3.8) is 0 Å². The van der Waals surface area contributed by atoms with Gasteiger partial charge in [0.1, 0.15) is 5.75 Å². The van der Waals surface area contributed by atoms with Crippen molar-refractivity contribution in [3.05, 3.63) is 49.6 Å². The number of halogens is 1. The highest BCUT2D eigenvalue weighted by molar-refractivity contribution is 9.10. The number of hydrogen-bond acceptors (Lipinski definition) is 7. The van der Waals surface area contributed by atoms with E-state index in [2.05, 4.69) is 30.9 Å². The number of nitro groups is 1. The highest BCUT2D eigenvalue weighted by Crippen LogP contribution is 2.36. The Hall–Kier alpha value is -2.17. The maximum absolute atomic E-state index is 11.2. The minimum Gasteiger partial charge on any atom is -0.467 e. The molecule has 0 amide bonds. The Morgan fingerprint density at radius 1 is 1.38 bits per heavy atom. The van der Waals surface area contributed by atoms with E-state index in [1.165, 1.54) is 17.8 Å².